The van der Waals surface area contributed by atoms with Crippen LogP contribution in [0.1, 0.15) is 37.2 Å². The predicted molar refractivity (Wildman–Crippen MR) is 79.2 cm³/mol. The number of halogens is 1. The van der Waals surface area contributed by atoms with Crippen molar-refractivity contribution in [3.8, 4) is 0 Å². The quantitative estimate of drug-likeness (QED) is 0.899. The second-order valence-electron chi connectivity index (χ2n) is 6.02. The van der Waals surface area contributed by atoms with Crippen LogP contribution in [0.5, 0.6) is 0 Å². The summed E-state index contributed by atoms with van der Waals surface area (Å²) in [6, 6.07) is 7.64. The topological polar surface area (TPSA) is 66.4 Å². The van der Waals surface area contributed by atoms with Crippen LogP contribution in [0.2, 0.25) is 5.02 Å². The molecular weight excluding hydrogens is 290 g/mol. The van der Waals surface area contributed by atoms with Crippen LogP contribution in [0.4, 0.5) is 0 Å². The molecule has 3 rings (SSSR count). The summed E-state index contributed by atoms with van der Waals surface area (Å²) < 4.78 is 0. The highest BCUT2D eigenvalue weighted by Crippen LogP contribution is 2.49. The fourth-order valence-corrected chi connectivity index (χ4v) is 3.53. The fraction of sp³-hybridized carbons (Fsp3) is 0.500. The number of aliphatic carboxylic acids is 1. The smallest absolute Gasteiger partial charge is 0.306 e. The molecule has 5 heteroatoms. The van der Waals surface area contributed by atoms with Crippen molar-refractivity contribution in [3.05, 3.63) is 34.9 Å². The van der Waals surface area contributed by atoms with Gasteiger partial charge in [0.05, 0.1) is 5.92 Å². The first-order valence-electron chi connectivity index (χ1n) is 7.34. The van der Waals surface area contributed by atoms with Crippen LogP contribution in [-0.2, 0) is 9.59 Å². The monoisotopic (exact) mass is 307 g/mol. The Hall–Kier alpha value is -1.55. The standard InChI is InChI=1S/C16H18ClNO3/c17-14-4-2-1-3-11(14)12-8-13(12)15(19)18-10-6-5-9(7-10)16(20)21/h1-4,9-10,12-13H,5-8H2,(H,18,19)(H,20,21)/t9-,10+,12?,13?/m0/s1. The minimum absolute atomic E-state index is 0.00564. The molecule has 2 aliphatic carbocycles. The van der Waals surface area contributed by atoms with Crippen molar-refractivity contribution in [2.24, 2.45) is 11.8 Å². The Balaban J connectivity index is 1.54. The molecule has 112 valence electrons. The Kier molecular flexibility index (Phi) is 3.89. The van der Waals surface area contributed by atoms with Crippen LogP contribution in [0, 0.1) is 11.8 Å². The number of nitrogens with one attached hydrogen (secondary N) is 1. The van der Waals surface area contributed by atoms with Crippen molar-refractivity contribution < 1.29 is 14.7 Å². The molecule has 0 aromatic heterocycles. The third-order valence-corrected chi connectivity index (χ3v) is 4.90. The van der Waals surface area contributed by atoms with Gasteiger partial charge in [-0.15, -0.1) is 0 Å². The van der Waals surface area contributed by atoms with Gasteiger partial charge in [-0.1, -0.05) is 29.8 Å². The molecule has 0 saturated heterocycles. The van der Waals surface area contributed by atoms with Gasteiger partial charge in [0.2, 0.25) is 5.91 Å². The van der Waals surface area contributed by atoms with E-state index in [1.54, 1.807) is 0 Å². The normalized spacial score (nSPS) is 30.9. The highest BCUT2D eigenvalue weighted by molar-refractivity contribution is 6.31. The second-order valence-corrected chi connectivity index (χ2v) is 6.43. The predicted octanol–water partition coefficient (Wildman–Crippen LogP) is 2.81. The summed E-state index contributed by atoms with van der Waals surface area (Å²) in [5, 5.41) is 12.7. The van der Waals surface area contributed by atoms with Gasteiger partial charge < -0.3 is 10.4 Å². The lowest BCUT2D eigenvalue weighted by Gasteiger charge is -2.12. The lowest BCUT2D eigenvalue weighted by molar-refractivity contribution is -0.141. The molecule has 2 saturated carbocycles. The van der Waals surface area contributed by atoms with Crippen molar-refractivity contribution in [1.82, 2.24) is 5.32 Å². The molecule has 0 heterocycles. The maximum Gasteiger partial charge on any atom is 0.306 e. The summed E-state index contributed by atoms with van der Waals surface area (Å²) in [7, 11) is 0. The van der Waals surface area contributed by atoms with Crippen molar-refractivity contribution >= 4 is 23.5 Å². The summed E-state index contributed by atoms with van der Waals surface area (Å²) in [4.78, 5) is 23.2. The third-order valence-electron chi connectivity index (χ3n) is 4.56. The van der Waals surface area contributed by atoms with Gasteiger partial charge in [-0.25, -0.2) is 0 Å². The molecule has 1 amide bonds. The molecule has 0 aliphatic heterocycles. The van der Waals surface area contributed by atoms with E-state index in [-0.39, 0.29) is 29.7 Å². The van der Waals surface area contributed by atoms with Crippen LogP contribution in [0.25, 0.3) is 0 Å². The molecule has 0 bridgehead atoms. The first kappa shape index (κ1) is 14.4. The molecule has 2 unspecified atom stereocenters. The van der Waals surface area contributed by atoms with Gasteiger partial charge in [0, 0.05) is 17.0 Å². The molecule has 1 aromatic rings. The molecular formula is C16H18ClNO3. The fourth-order valence-electron chi connectivity index (χ4n) is 3.25. The average Bonchev–Trinajstić information content (AvgIpc) is 3.11. The van der Waals surface area contributed by atoms with Crippen molar-refractivity contribution in [1.29, 1.82) is 0 Å². The van der Waals surface area contributed by atoms with Gasteiger partial charge in [-0.05, 0) is 43.2 Å². The first-order valence-corrected chi connectivity index (χ1v) is 7.71. The van der Waals surface area contributed by atoms with Crippen LogP contribution in [0.3, 0.4) is 0 Å². The molecule has 4 nitrogen and oxygen atoms in total. The highest BCUT2D eigenvalue weighted by atomic mass is 35.5. The maximum atomic E-state index is 12.2. The minimum Gasteiger partial charge on any atom is -0.481 e. The molecule has 2 aliphatic rings. The molecule has 0 radical (unpaired) electrons. The summed E-state index contributed by atoms with van der Waals surface area (Å²) in [6.07, 6.45) is 2.78. The largest absolute Gasteiger partial charge is 0.481 e. The summed E-state index contributed by atoms with van der Waals surface area (Å²) in [6.45, 7) is 0. The SMILES string of the molecule is O=C(N[C@@H]1CC[C@H](C(=O)O)C1)C1CC1c1ccccc1Cl. The minimum atomic E-state index is -0.757. The van der Waals surface area contributed by atoms with E-state index < -0.39 is 5.97 Å². The van der Waals surface area contributed by atoms with Crippen molar-refractivity contribution in [2.75, 3.05) is 0 Å². The Morgan fingerprint density at radius 3 is 2.62 bits per heavy atom. The molecule has 1 aromatic carbocycles. The summed E-state index contributed by atoms with van der Waals surface area (Å²) in [5.41, 5.74) is 1.04. The van der Waals surface area contributed by atoms with Gasteiger partial charge in [0.15, 0.2) is 0 Å². The zero-order chi connectivity index (χ0) is 15.0. The van der Waals surface area contributed by atoms with Gasteiger partial charge in [-0.2, -0.15) is 0 Å². The van der Waals surface area contributed by atoms with Gasteiger partial charge in [-0.3, -0.25) is 9.59 Å². The van der Waals surface area contributed by atoms with Gasteiger partial charge >= 0.3 is 5.97 Å². The van der Waals surface area contributed by atoms with E-state index in [9.17, 15) is 9.59 Å². The van der Waals surface area contributed by atoms with Gasteiger partial charge in [0.1, 0.15) is 0 Å². The van der Waals surface area contributed by atoms with E-state index in [0.717, 1.165) is 18.4 Å². The van der Waals surface area contributed by atoms with E-state index in [2.05, 4.69) is 5.32 Å². The Labute approximate surface area is 128 Å². The molecule has 0 spiro atoms. The highest BCUT2D eigenvalue weighted by Gasteiger charge is 2.45. The van der Waals surface area contributed by atoms with E-state index in [0.29, 0.717) is 17.9 Å². The van der Waals surface area contributed by atoms with Crippen LogP contribution in [0.15, 0.2) is 24.3 Å². The Morgan fingerprint density at radius 2 is 1.95 bits per heavy atom. The number of carboxylic acids is 1. The molecule has 4 atom stereocenters. The number of hydrogen-bond donors (Lipinski definition) is 2. The Morgan fingerprint density at radius 1 is 1.19 bits per heavy atom. The third kappa shape index (κ3) is 3.05. The summed E-state index contributed by atoms with van der Waals surface area (Å²) in [5.74, 6) is -0.846. The van der Waals surface area contributed by atoms with E-state index in [1.807, 2.05) is 24.3 Å². The Bertz CT molecular complexity index is 574. The maximum absolute atomic E-state index is 12.2. The van der Waals surface area contributed by atoms with E-state index in [1.165, 1.54) is 0 Å². The zero-order valence-corrected chi connectivity index (χ0v) is 12.3. The average molecular weight is 308 g/mol. The lowest BCUT2D eigenvalue weighted by Crippen LogP contribution is -2.34. The number of benzene rings is 1. The van der Waals surface area contributed by atoms with Crippen LogP contribution >= 0.6 is 11.6 Å². The van der Waals surface area contributed by atoms with E-state index in [4.69, 9.17) is 16.7 Å². The molecule has 21 heavy (non-hydrogen) atoms. The van der Waals surface area contributed by atoms with Crippen LogP contribution < -0.4 is 5.32 Å². The van der Waals surface area contributed by atoms with Crippen LogP contribution in [-0.4, -0.2) is 23.0 Å². The second kappa shape index (κ2) is 5.68. The van der Waals surface area contributed by atoms with Crippen molar-refractivity contribution in [2.45, 2.75) is 37.6 Å². The number of carbonyl (C=O) groups is 2. The lowest BCUT2D eigenvalue weighted by atomic mass is 10.1. The number of rotatable bonds is 4. The number of carboxylic acid groups (broad SMARTS) is 1. The first-order chi connectivity index (χ1) is 10.1. The number of carbonyl (C=O) groups excluding carboxylic acids is 1. The van der Waals surface area contributed by atoms with Gasteiger partial charge in [0.25, 0.3) is 0 Å². The molecule has 2 N–H and O–H groups in total. The zero-order valence-electron chi connectivity index (χ0n) is 11.6. The number of amides is 1. The van der Waals surface area contributed by atoms with E-state index >= 15 is 0 Å². The van der Waals surface area contributed by atoms with Crippen molar-refractivity contribution in [3.63, 3.8) is 0 Å². The molecule has 2 fully saturated rings. The summed E-state index contributed by atoms with van der Waals surface area (Å²) >= 11 is 6.16. The number of hydrogen-bond acceptors (Lipinski definition) is 2.